The van der Waals surface area contributed by atoms with Gasteiger partial charge in [0, 0.05) is 18.9 Å². The number of aromatic amines is 1. The van der Waals surface area contributed by atoms with Crippen LogP contribution in [0.3, 0.4) is 0 Å². The second kappa shape index (κ2) is 8.33. The van der Waals surface area contributed by atoms with Gasteiger partial charge in [-0.2, -0.15) is 5.26 Å². The molecule has 2 aromatic heterocycles. The van der Waals surface area contributed by atoms with Gasteiger partial charge in [-0.15, -0.1) is 0 Å². The van der Waals surface area contributed by atoms with Crippen LogP contribution in [0.4, 0.5) is 5.82 Å². The first-order valence-corrected chi connectivity index (χ1v) is 9.15. The zero-order chi connectivity index (χ0) is 19.4. The monoisotopic (exact) mass is 385 g/mol. The number of likely N-dealkylation sites (tertiary alicyclic amines) is 1. The highest BCUT2D eigenvalue weighted by Crippen LogP contribution is 2.27. The van der Waals surface area contributed by atoms with Gasteiger partial charge >= 0.3 is 0 Å². The van der Waals surface area contributed by atoms with Crippen LogP contribution in [0.5, 0.6) is 0 Å². The summed E-state index contributed by atoms with van der Waals surface area (Å²) < 4.78 is 0. The summed E-state index contributed by atoms with van der Waals surface area (Å²) in [5, 5.41) is 12.4. The minimum absolute atomic E-state index is 0.115. The molecule has 0 radical (unpaired) electrons. The van der Waals surface area contributed by atoms with E-state index in [-0.39, 0.29) is 29.0 Å². The Morgan fingerprint density at radius 3 is 3.04 bits per heavy atom. The molecule has 1 unspecified atom stereocenters. The van der Waals surface area contributed by atoms with Crippen LogP contribution in [-0.2, 0) is 4.79 Å². The molecule has 140 valence electrons. The summed E-state index contributed by atoms with van der Waals surface area (Å²) in [4.78, 5) is 33.0. The number of hydrogen-bond donors (Lipinski definition) is 2. The van der Waals surface area contributed by atoms with Crippen molar-refractivity contribution < 1.29 is 4.79 Å². The molecule has 1 saturated heterocycles. The Balaban J connectivity index is 1.68. The number of piperidine rings is 1. The largest absolute Gasteiger partial charge is 0.328 e. The average Bonchev–Trinajstić information content (AvgIpc) is 2.69. The number of pyridine rings is 2. The van der Waals surface area contributed by atoms with Gasteiger partial charge in [-0.05, 0) is 56.0 Å². The Kier molecular flexibility index (Phi) is 5.89. The maximum absolute atomic E-state index is 12.6. The van der Waals surface area contributed by atoms with Crippen LogP contribution in [-0.4, -0.2) is 39.9 Å². The second-order valence-corrected chi connectivity index (χ2v) is 7.09. The highest BCUT2D eigenvalue weighted by Gasteiger charge is 2.28. The van der Waals surface area contributed by atoms with Gasteiger partial charge in [0.1, 0.15) is 17.5 Å². The predicted molar refractivity (Wildman–Crippen MR) is 103 cm³/mol. The lowest BCUT2D eigenvalue weighted by Crippen LogP contribution is -2.46. The standard InChI is InChI=1S/C19H20ClN5O2/c1-12(18(26)24-17-5-4-16(20)10-22-17)25-6-2-3-13(11-25)15-7-14(8-21)19(27)23-9-15/h4-5,7,9-10,12-13H,2-3,6,11H2,1H3,(H,23,27)(H,22,24,26)/t12-,13?/m0/s1. The van der Waals surface area contributed by atoms with Crippen LogP contribution < -0.4 is 10.9 Å². The first-order chi connectivity index (χ1) is 13.0. The zero-order valence-corrected chi connectivity index (χ0v) is 15.7. The summed E-state index contributed by atoms with van der Waals surface area (Å²) in [6.07, 6.45) is 5.03. The average molecular weight is 386 g/mol. The van der Waals surface area contributed by atoms with Crippen molar-refractivity contribution >= 4 is 23.3 Å². The van der Waals surface area contributed by atoms with Gasteiger partial charge in [-0.25, -0.2) is 4.98 Å². The van der Waals surface area contributed by atoms with E-state index in [9.17, 15) is 9.59 Å². The molecule has 3 heterocycles. The van der Waals surface area contributed by atoms with Crippen LogP contribution in [0.15, 0.2) is 35.4 Å². The van der Waals surface area contributed by atoms with E-state index in [1.165, 1.54) is 6.20 Å². The van der Waals surface area contributed by atoms with Crippen LogP contribution in [0.25, 0.3) is 0 Å². The van der Waals surface area contributed by atoms with Crippen molar-refractivity contribution in [2.45, 2.75) is 31.7 Å². The third-order valence-corrected chi connectivity index (χ3v) is 5.10. The zero-order valence-electron chi connectivity index (χ0n) is 14.9. The molecule has 8 heteroatoms. The molecule has 2 atom stereocenters. The van der Waals surface area contributed by atoms with Gasteiger partial charge in [0.05, 0.1) is 11.1 Å². The molecule has 0 bridgehead atoms. The molecule has 27 heavy (non-hydrogen) atoms. The van der Waals surface area contributed by atoms with Gasteiger partial charge in [-0.1, -0.05) is 11.6 Å². The summed E-state index contributed by atoms with van der Waals surface area (Å²) >= 11 is 5.81. The van der Waals surface area contributed by atoms with E-state index in [1.54, 1.807) is 24.4 Å². The fourth-order valence-corrected chi connectivity index (χ4v) is 3.41. The summed E-state index contributed by atoms with van der Waals surface area (Å²) in [7, 11) is 0. The molecule has 0 spiro atoms. The number of carbonyl (C=O) groups excluding carboxylic acids is 1. The van der Waals surface area contributed by atoms with E-state index in [0.29, 0.717) is 17.4 Å². The predicted octanol–water partition coefficient (Wildman–Crippen LogP) is 2.50. The molecule has 1 aliphatic heterocycles. The molecule has 0 aliphatic carbocycles. The fraction of sp³-hybridized carbons (Fsp3) is 0.368. The normalized spacial score (nSPS) is 18.5. The summed E-state index contributed by atoms with van der Waals surface area (Å²) in [6.45, 7) is 3.36. The summed E-state index contributed by atoms with van der Waals surface area (Å²) in [5.74, 6) is 0.486. The Hall–Kier alpha value is -2.69. The van der Waals surface area contributed by atoms with Crippen molar-refractivity contribution in [2.24, 2.45) is 0 Å². The Bertz CT molecular complexity index is 919. The van der Waals surface area contributed by atoms with Crippen molar-refractivity contribution in [1.82, 2.24) is 14.9 Å². The van der Waals surface area contributed by atoms with E-state index >= 15 is 0 Å². The number of halogens is 1. The van der Waals surface area contributed by atoms with Crippen molar-refractivity contribution in [2.75, 3.05) is 18.4 Å². The molecule has 1 fully saturated rings. The number of H-pyrrole nitrogens is 1. The molecule has 2 N–H and O–H groups in total. The fourth-order valence-electron chi connectivity index (χ4n) is 3.30. The number of rotatable bonds is 4. The van der Waals surface area contributed by atoms with E-state index < -0.39 is 0 Å². The first-order valence-electron chi connectivity index (χ1n) is 8.77. The van der Waals surface area contributed by atoms with E-state index in [0.717, 1.165) is 24.9 Å². The number of anilines is 1. The van der Waals surface area contributed by atoms with Crippen molar-refractivity contribution in [3.8, 4) is 6.07 Å². The Morgan fingerprint density at radius 1 is 1.52 bits per heavy atom. The van der Waals surface area contributed by atoms with Crippen molar-refractivity contribution in [3.05, 3.63) is 57.1 Å². The molecule has 0 saturated carbocycles. The molecular weight excluding hydrogens is 366 g/mol. The van der Waals surface area contributed by atoms with E-state index in [4.69, 9.17) is 16.9 Å². The number of nitrogens with one attached hydrogen (secondary N) is 2. The topological polar surface area (TPSA) is 102 Å². The van der Waals surface area contributed by atoms with Crippen LogP contribution in [0, 0.1) is 11.3 Å². The molecule has 0 aromatic carbocycles. The number of nitrogens with zero attached hydrogens (tertiary/aromatic N) is 3. The quantitative estimate of drug-likeness (QED) is 0.841. The minimum atomic E-state index is -0.378. The molecule has 1 amide bonds. The third-order valence-electron chi connectivity index (χ3n) is 4.88. The van der Waals surface area contributed by atoms with Gasteiger partial charge in [0.25, 0.3) is 5.56 Å². The minimum Gasteiger partial charge on any atom is -0.328 e. The Morgan fingerprint density at radius 2 is 2.33 bits per heavy atom. The van der Waals surface area contributed by atoms with Crippen LogP contribution >= 0.6 is 11.6 Å². The maximum atomic E-state index is 12.6. The number of amides is 1. The molecule has 2 aromatic rings. The maximum Gasteiger partial charge on any atom is 0.265 e. The first kappa shape index (κ1) is 19.1. The molecule has 7 nitrogen and oxygen atoms in total. The van der Waals surface area contributed by atoms with Crippen molar-refractivity contribution in [1.29, 1.82) is 5.26 Å². The molecule has 3 rings (SSSR count). The number of hydrogen-bond acceptors (Lipinski definition) is 5. The van der Waals surface area contributed by atoms with Gasteiger partial charge in [0.2, 0.25) is 5.91 Å². The highest BCUT2D eigenvalue weighted by atomic mass is 35.5. The number of aromatic nitrogens is 2. The Labute approximate surface area is 162 Å². The molecule has 1 aliphatic rings. The van der Waals surface area contributed by atoms with Gasteiger partial charge < -0.3 is 10.3 Å². The summed E-state index contributed by atoms with van der Waals surface area (Å²) in [6, 6.07) is 6.58. The van der Waals surface area contributed by atoms with E-state index in [2.05, 4.69) is 20.2 Å². The lowest BCUT2D eigenvalue weighted by Gasteiger charge is -2.36. The van der Waals surface area contributed by atoms with E-state index in [1.807, 2.05) is 13.0 Å². The van der Waals surface area contributed by atoms with Crippen molar-refractivity contribution in [3.63, 3.8) is 0 Å². The lowest BCUT2D eigenvalue weighted by molar-refractivity contribution is -0.121. The number of nitriles is 1. The van der Waals surface area contributed by atoms with Gasteiger partial charge in [-0.3, -0.25) is 14.5 Å². The number of carbonyl (C=O) groups is 1. The molecular formula is C19H20ClN5O2. The van der Waals surface area contributed by atoms with Crippen LogP contribution in [0.1, 0.15) is 36.8 Å². The second-order valence-electron chi connectivity index (χ2n) is 6.65. The van der Waals surface area contributed by atoms with Gasteiger partial charge in [0.15, 0.2) is 0 Å². The summed E-state index contributed by atoms with van der Waals surface area (Å²) in [5.41, 5.74) is 0.657. The lowest BCUT2D eigenvalue weighted by atomic mass is 9.90. The van der Waals surface area contributed by atoms with Crippen LogP contribution in [0.2, 0.25) is 5.02 Å². The highest BCUT2D eigenvalue weighted by molar-refractivity contribution is 6.30. The third kappa shape index (κ3) is 4.54. The smallest absolute Gasteiger partial charge is 0.265 e. The SMILES string of the molecule is C[C@@H](C(=O)Nc1ccc(Cl)cn1)N1CCCC(c2c[nH]c(=O)c(C#N)c2)C1.